The molecule has 0 atom stereocenters. The van der Waals surface area contributed by atoms with E-state index < -0.39 is 15.4 Å². The number of benzene rings is 2. The molecule has 2 aromatic carbocycles. The number of amides is 1. The van der Waals surface area contributed by atoms with Crippen molar-refractivity contribution in [3.63, 3.8) is 0 Å². The fraction of sp³-hybridized carbons (Fsp3) is 0.286. The zero-order valence-corrected chi connectivity index (χ0v) is 17.5. The lowest BCUT2D eigenvalue weighted by atomic mass is 9.93. The monoisotopic (exact) mass is 416 g/mol. The highest BCUT2D eigenvalue weighted by molar-refractivity contribution is 7.92. The van der Waals surface area contributed by atoms with E-state index in [1.54, 1.807) is 47.4 Å². The maximum Gasteiger partial charge on any atom is 0.265 e. The van der Waals surface area contributed by atoms with Crippen LogP contribution in [0.4, 0.5) is 11.4 Å². The molecule has 29 heavy (non-hydrogen) atoms. The van der Waals surface area contributed by atoms with Crippen LogP contribution in [0.3, 0.4) is 0 Å². The molecule has 0 saturated carbocycles. The van der Waals surface area contributed by atoms with Gasteiger partial charge in [-0.3, -0.25) is 9.52 Å². The number of ether oxygens (including phenoxy) is 2. The van der Waals surface area contributed by atoms with E-state index in [-0.39, 0.29) is 23.2 Å². The summed E-state index contributed by atoms with van der Waals surface area (Å²) >= 11 is 0. The molecule has 1 amide bonds. The lowest BCUT2D eigenvalue weighted by Gasteiger charge is -2.27. The third-order valence-electron chi connectivity index (χ3n) is 4.59. The Balaban J connectivity index is 1.98. The minimum absolute atomic E-state index is 0.0305. The Kier molecular flexibility index (Phi) is 5.57. The Morgan fingerprint density at radius 2 is 2.00 bits per heavy atom. The quantitative estimate of drug-likeness (QED) is 0.730. The number of nitrogens with one attached hydrogen (secondary N) is 1. The van der Waals surface area contributed by atoms with Gasteiger partial charge in [0.1, 0.15) is 23.0 Å². The molecule has 8 heteroatoms. The fourth-order valence-corrected chi connectivity index (χ4v) is 4.29. The maximum atomic E-state index is 12.9. The van der Waals surface area contributed by atoms with Gasteiger partial charge in [0, 0.05) is 12.6 Å². The van der Waals surface area contributed by atoms with Crippen molar-refractivity contribution in [2.45, 2.75) is 18.7 Å². The third kappa shape index (κ3) is 4.07. The molecule has 0 saturated heterocycles. The molecule has 0 aromatic heterocycles. The second-order valence-electron chi connectivity index (χ2n) is 7.32. The largest absolute Gasteiger partial charge is 0.495 e. The van der Waals surface area contributed by atoms with Crippen LogP contribution in [0.25, 0.3) is 0 Å². The number of carbonyl (C=O) groups excluding carboxylic acids is 1. The number of hydrogen-bond donors (Lipinski definition) is 1. The third-order valence-corrected chi connectivity index (χ3v) is 6.01. The topological polar surface area (TPSA) is 84.9 Å². The Hall–Kier alpha value is -3.00. The summed E-state index contributed by atoms with van der Waals surface area (Å²) in [5, 5.41) is 0. The van der Waals surface area contributed by atoms with Gasteiger partial charge in [0.15, 0.2) is 0 Å². The minimum atomic E-state index is -3.88. The number of rotatable bonds is 6. The van der Waals surface area contributed by atoms with Crippen LogP contribution in [-0.2, 0) is 14.8 Å². The molecular formula is C21H24N2O5S. The molecule has 0 aliphatic carbocycles. The molecule has 0 fully saturated rings. The van der Waals surface area contributed by atoms with Gasteiger partial charge in [-0.05, 0) is 38.1 Å². The van der Waals surface area contributed by atoms with Gasteiger partial charge in [0.05, 0.1) is 23.9 Å². The first-order valence-electron chi connectivity index (χ1n) is 9.05. The molecule has 2 aromatic rings. The summed E-state index contributed by atoms with van der Waals surface area (Å²) in [5.74, 6) is 0.583. The van der Waals surface area contributed by atoms with Gasteiger partial charge in [-0.25, -0.2) is 8.42 Å². The fourth-order valence-electron chi connectivity index (χ4n) is 3.07. The molecule has 0 spiro atoms. The average molecular weight is 416 g/mol. The van der Waals surface area contributed by atoms with Crippen molar-refractivity contribution in [3.8, 4) is 11.5 Å². The van der Waals surface area contributed by atoms with E-state index in [1.807, 2.05) is 13.8 Å². The summed E-state index contributed by atoms with van der Waals surface area (Å²) in [6.45, 7) is 7.83. The van der Waals surface area contributed by atoms with Gasteiger partial charge >= 0.3 is 0 Å². The number of sulfonamides is 1. The maximum absolute atomic E-state index is 12.9. The zero-order chi connectivity index (χ0) is 21.2. The van der Waals surface area contributed by atoms with Gasteiger partial charge < -0.3 is 14.4 Å². The number of fused-ring (bicyclic) bond motifs is 1. The Labute approximate surface area is 171 Å². The van der Waals surface area contributed by atoms with Crippen LogP contribution >= 0.6 is 0 Å². The normalized spacial score (nSPS) is 15.7. The number of methoxy groups -OCH3 is 1. The summed E-state index contributed by atoms with van der Waals surface area (Å²) < 4.78 is 39.2. The second-order valence-corrected chi connectivity index (χ2v) is 8.97. The van der Waals surface area contributed by atoms with Gasteiger partial charge in [-0.1, -0.05) is 18.2 Å². The summed E-state index contributed by atoms with van der Waals surface area (Å²) in [4.78, 5) is 14.5. The van der Waals surface area contributed by atoms with Gasteiger partial charge in [0.25, 0.3) is 10.0 Å². The average Bonchev–Trinajstić information content (AvgIpc) is 2.78. The lowest BCUT2D eigenvalue weighted by Crippen LogP contribution is -2.42. The predicted molar refractivity (Wildman–Crippen MR) is 112 cm³/mol. The van der Waals surface area contributed by atoms with Crippen molar-refractivity contribution < 1.29 is 22.7 Å². The summed E-state index contributed by atoms with van der Waals surface area (Å²) in [6.07, 6.45) is 1.64. The molecule has 0 unspecified atom stereocenters. The molecule has 1 heterocycles. The number of anilines is 2. The van der Waals surface area contributed by atoms with Gasteiger partial charge in [-0.2, -0.15) is 0 Å². The van der Waals surface area contributed by atoms with Crippen LogP contribution < -0.4 is 19.1 Å². The van der Waals surface area contributed by atoms with E-state index in [4.69, 9.17) is 9.47 Å². The minimum Gasteiger partial charge on any atom is -0.495 e. The molecule has 1 aliphatic heterocycles. The number of nitrogens with zero attached hydrogens (tertiary/aromatic N) is 1. The lowest BCUT2D eigenvalue weighted by molar-refractivity contribution is -0.127. The first kappa shape index (κ1) is 20.7. The first-order chi connectivity index (χ1) is 13.7. The van der Waals surface area contributed by atoms with E-state index >= 15 is 0 Å². The highest BCUT2D eigenvalue weighted by Gasteiger charge is 2.37. The molecular weight excluding hydrogens is 392 g/mol. The van der Waals surface area contributed by atoms with Crippen LogP contribution in [0.2, 0.25) is 0 Å². The van der Waals surface area contributed by atoms with Crippen LogP contribution in [0.15, 0.2) is 60.0 Å². The van der Waals surface area contributed by atoms with Crippen molar-refractivity contribution in [3.05, 3.63) is 55.1 Å². The molecule has 3 rings (SSSR count). The molecule has 0 radical (unpaired) electrons. The molecule has 154 valence electrons. The van der Waals surface area contributed by atoms with Crippen LogP contribution in [0.5, 0.6) is 11.5 Å². The Morgan fingerprint density at radius 3 is 2.69 bits per heavy atom. The van der Waals surface area contributed by atoms with Crippen molar-refractivity contribution in [1.82, 2.24) is 0 Å². The number of hydrogen-bond acceptors (Lipinski definition) is 5. The van der Waals surface area contributed by atoms with Crippen molar-refractivity contribution in [1.29, 1.82) is 0 Å². The van der Waals surface area contributed by atoms with Crippen molar-refractivity contribution in [2.24, 2.45) is 5.41 Å². The summed E-state index contributed by atoms with van der Waals surface area (Å²) in [7, 11) is -2.46. The van der Waals surface area contributed by atoms with E-state index in [1.165, 1.54) is 13.2 Å². The second kappa shape index (κ2) is 7.79. The Morgan fingerprint density at radius 1 is 1.28 bits per heavy atom. The number of carbonyl (C=O) groups is 1. The first-order valence-corrected chi connectivity index (χ1v) is 10.5. The predicted octanol–water partition coefficient (Wildman–Crippen LogP) is 3.43. The number of para-hydroxylation sites is 1. The smallest absolute Gasteiger partial charge is 0.265 e. The highest BCUT2D eigenvalue weighted by atomic mass is 32.2. The van der Waals surface area contributed by atoms with Gasteiger partial charge in [-0.15, -0.1) is 6.58 Å². The summed E-state index contributed by atoms with van der Waals surface area (Å²) in [6, 6.07) is 11.2. The zero-order valence-electron chi connectivity index (χ0n) is 16.6. The SMILES string of the molecule is C=CCN1C(=O)C(C)(C)COc2cc(NS(=O)(=O)c3ccccc3OC)ccc21. The van der Waals surface area contributed by atoms with Crippen molar-refractivity contribution in [2.75, 3.05) is 29.9 Å². The van der Waals surface area contributed by atoms with E-state index in [0.29, 0.717) is 23.7 Å². The molecule has 1 aliphatic rings. The Bertz CT molecular complexity index is 1050. The standard InChI is InChI=1S/C21H24N2O5S/c1-5-12-23-16-11-10-15(13-18(16)28-14-21(2,3)20(23)24)22-29(25,26)19-9-7-6-8-17(19)27-4/h5-11,13,22H,1,12,14H2,2-4H3. The van der Waals surface area contributed by atoms with E-state index in [2.05, 4.69) is 11.3 Å². The molecule has 1 N–H and O–H groups in total. The van der Waals surface area contributed by atoms with E-state index in [0.717, 1.165) is 0 Å². The molecule has 0 bridgehead atoms. The molecule has 7 nitrogen and oxygen atoms in total. The van der Waals surface area contributed by atoms with Crippen LogP contribution in [0, 0.1) is 5.41 Å². The van der Waals surface area contributed by atoms with Crippen LogP contribution in [-0.4, -0.2) is 34.6 Å². The summed E-state index contributed by atoms with van der Waals surface area (Å²) in [5.41, 5.74) is 0.167. The van der Waals surface area contributed by atoms with E-state index in [9.17, 15) is 13.2 Å². The highest BCUT2D eigenvalue weighted by Crippen LogP contribution is 2.38. The van der Waals surface area contributed by atoms with Crippen molar-refractivity contribution >= 4 is 27.3 Å². The van der Waals surface area contributed by atoms with Crippen LogP contribution in [0.1, 0.15) is 13.8 Å². The van der Waals surface area contributed by atoms with Gasteiger partial charge in [0.2, 0.25) is 5.91 Å².